The highest BCUT2D eigenvalue weighted by atomic mass is 32.2. The molecule has 136 valence electrons. The smallest absolute Gasteiger partial charge is 0.252 e. The fourth-order valence-electron chi connectivity index (χ4n) is 3.12. The number of nitrogens with zero attached hydrogens (tertiary/aromatic N) is 4. The Morgan fingerprint density at radius 1 is 1.48 bits per heavy atom. The Labute approximate surface area is 151 Å². The molecule has 3 rings (SSSR count). The van der Waals surface area contributed by atoms with Crippen LogP contribution in [0.15, 0.2) is 34.1 Å². The first-order valence-electron chi connectivity index (χ1n) is 8.14. The number of sulfonamides is 1. The van der Waals surface area contributed by atoms with Gasteiger partial charge in [0.25, 0.3) is 10.0 Å². The standard InChI is InChI=1S/C16H22N4O3S2/c1-18(10-13-9-17-19(2)11-13)16(21)14-5-3-7-20(12-14)25(22,23)15-6-4-8-24-15/h4,6,8-9,11,14H,3,5,7,10,12H2,1-2H3. The highest BCUT2D eigenvalue weighted by Gasteiger charge is 2.34. The summed E-state index contributed by atoms with van der Waals surface area (Å²) in [4.78, 5) is 14.4. The minimum Gasteiger partial charge on any atom is -0.341 e. The molecule has 1 fully saturated rings. The van der Waals surface area contributed by atoms with Gasteiger partial charge >= 0.3 is 0 Å². The van der Waals surface area contributed by atoms with Gasteiger partial charge in [-0.25, -0.2) is 8.42 Å². The number of thiophene rings is 1. The molecule has 1 aliphatic rings. The Kier molecular flexibility index (Phi) is 5.26. The van der Waals surface area contributed by atoms with Crippen molar-refractivity contribution in [2.75, 3.05) is 20.1 Å². The van der Waals surface area contributed by atoms with Crippen LogP contribution in [0.3, 0.4) is 0 Å². The molecule has 0 N–H and O–H groups in total. The summed E-state index contributed by atoms with van der Waals surface area (Å²) in [7, 11) is 0.0865. The first-order chi connectivity index (χ1) is 11.9. The first kappa shape index (κ1) is 18.1. The van der Waals surface area contributed by atoms with E-state index in [0.717, 1.165) is 5.56 Å². The number of carbonyl (C=O) groups is 1. The largest absolute Gasteiger partial charge is 0.341 e. The summed E-state index contributed by atoms with van der Waals surface area (Å²) in [5.41, 5.74) is 0.956. The van der Waals surface area contributed by atoms with E-state index in [4.69, 9.17) is 0 Å². The number of carbonyl (C=O) groups excluding carboxylic acids is 1. The Bertz CT molecular complexity index is 829. The number of hydrogen-bond acceptors (Lipinski definition) is 5. The molecule has 1 unspecified atom stereocenters. The molecule has 2 aromatic rings. The highest BCUT2D eigenvalue weighted by molar-refractivity contribution is 7.91. The summed E-state index contributed by atoms with van der Waals surface area (Å²) in [6, 6.07) is 3.34. The molecule has 9 heteroatoms. The lowest BCUT2D eigenvalue weighted by molar-refractivity contribution is -0.135. The summed E-state index contributed by atoms with van der Waals surface area (Å²) in [5.74, 6) is -0.319. The first-order valence-corrected chi connectivity index (χ1v) is 10.5. The Balaban J connectivity index is 1.67. The Hall–Kier alpha value is -1.71. The van der Waals surface area contributed by atoms with Gasteiger partial charge in [0.15, 0.2) is 0 Å². The molecule has 1 aliphatic heterocycles. The Morgan fingerprint density at radius 3 is 2.92 bits per heavy atom. The maximum Gasteiger partial charge on any atom is 0.252 e. The molecule has 0 radical (unpaired) electrons. The van der Waals surface area contributed by atoms with Crippen molar-refractivity contribution in [1.29, 1.82) is 0 Å². The van der Waals surface area contributed by atoms with Gasteiger partial charge < -0.3 is 4.90 Å². The van der Waals surface area contributed by atoms with Crippen LogP contribution in [0.2, 0.25) is 0 Å². The van der Waals surface area contributed by atoms with Crippen LogP contribution < -0.4 is 0 Å². The maximum absolute atomic E-state index is 12.7. The number of rotatable bonds is 5. The number of aromatic nitrogens is 2. The predicted molar refractivity (Wildman–Crippen MR) is 95.5 cm³/mol. The van der Waals surface area contributed by atoms with Crippen LogP contribution in [0.4, 0.5) is 0 Å². The second kappa shape index (κ2) is 7.27. The number of hydrogen-bond donors (Lipinski definition) is 0. The zero-order valence-electron chi connectivity index (χ0n) is 14.3. The van der Waals surface area contributed by atoms with Crippen LogP contribution in [0.1, 0.15) is 18.4 Å². The van der Waals surface area contributed by atoms with Gasteiger partial charge in [-0.3, -0.25) is 9.48 Å². The average molecular weight is 383 g/mol. The lowest BCUT2D eigenvalue weighted by Gasteiger charge is -2.32. The monoisotopic (exact) mass is 382 g/mol. The van der Waals surface area contributed by atoms with E-state index in [2.05, 4.69) is 5.10 Å². The van der Waals surface area contributed by atoms with Crippen molar-refractivity contribution in [3.63, 3.8) is 0 Å². The van der Waals surface area contributed by atoms with Crippen LogP contribution in [0, 0.1) is 5.92 Å². The van der Waals surface area contributed by atoms with Gasteiger partial charge in [-0.05, 0) is 24.3 Å². The SMILES string of the molecule is CN(Cc1cnn(C)c1)C(=O)C1CCCN(S(=O)(=O)c2cccs2)C1. The average Bonchev–Trinajstić information content (AvgIpc) is 3.26. The topological polar surface area (TPSA) is 75.5 Å². The van der Waals surface area contributed by atoms with E-state index in [9.17, 15) is 13.2 Å². The lowest BCUT2D eigenvalue weighted by atomic mass is 9.98. The van der Waals surface area contributed by atoms with Gasteiger partial charge in [-0.15, -0.1) is 11.3 Å². The highest BCUT2D eigenvalue weighted by Crippen LogP contribution is 2.27. The van der Waals surface area contributed by atoms with Crippen molar-refractivity contribution in [1.82, 2.24) is 19.0 Å². The number of amides is 1. The molecule has 7 nitrogen and oxygen atoms in total. The molecule has 0 bridgehead atoms. The van der Waals surface area contributed by atoms with E-state index in [1.807, 2.05) is 13.2 Å². The molecule has 1 atom stereocenters. The van der Waals surface area contributed by atoms with Crippen molar-refractivity contribution in [3.8, 4) is 0 Å². The summed E-state index contributed by atoms with van der Waals surface area (Å²) in [5, 5.41) is 5.86. The van der Waals surface area contributed by atoms with Crippen molar-refractivity contribution >= 4 is 27.3 Å². The molecule has 3 heterocycles. The summed E-state index contributed by atoms with van der Waals surface area (Å²) < 4.78 is 28.8. The molecule has 1 saturated heterocycles. The predicted octanol–water partition coefficient (Wildman–Crippen LogP) is 1.54. The molecule has 0 aliphatic carbocycles. The van der Waals surface area contributed by atoms with Crippen molar-refractivity contribution < 1.29 is 13.2 Å². The zero-order chi connectivity index (χ0) is 18.0. The molecule has 1 amide bonds. The molecule has 0 aromatic carbocycles. The quantitative estimate of drug-likeness (QED) is 0.786. The van der Waals surface area contributed by atoms with Crippen molar-refractivity contribution in [2.45, 2.75) is 23.6 Å². The van der Waals surface area contributed by atoms with Gasteiger partial charge in [0, 0.05) is 45.5 Å². The zero-order valence-corrected chi connectivity index (χ0v) is 16.0. The number of piperidine rings is 1. The van der Waals surface area contributed by atoms with Crippen LogP contribution >= 0.6 is 11.3 Å². The summed E-state index contributed by atoms with van der Waals surface area (Å²) >= 11 is 1.21. The van der Waals surface area contributed by atoms with Crippen molar-refractivity contribution in [3.05, 3.63) is 35.5 Å². The van der Waals surface area contributed by atoms with Crippen LogP contribution in [0.5, 0.6) is 0 Å². The fraction of sp³-hybridized carbons (Fsp3) is 0.500. The van der Waals surface area contributed by atoms with Gasteiger partial charge in [0.1, 0.15) is 4.21 Å². The minimum absolute atomic E-state index is 0.0186. The van der Waals surface area contributed by atoms with Crippen molar-refractivity contribution in [2.24, 2.45) is 13.0 Å². The normalized spacial score (nSPS) is 19.0. The van der Waals surface area contributed by atoms with Crippen LogP contribution in [-0.4, -0.2) is 53.4 Å². The van der Waals surface area contributed by atoms with E-state index in [-0.39, 0.29) is 18.4 Å². The maximum atomic E-state index is 12.7. The summed E-state index contributed by atoms with van der Waals surface area (Å²) in [6.45, 7) is 1.19. The lowest BCUT2D eigenvalue weighted by Crippen LogP contribution is -2.45. The summed E-state index contributed by atoms with van der Waals surface area (Å²) in [6.07, 6.45) is 5.02. The van der Waals surface area contributed by atoms with Crippen LogP contribution in [0.25, 0.3) is 0 Å². The molecule has 0 saturated carbocycles. The van der Waals surface area contributed by atoms with Gasteiger partial charge in [0.05, 0.1) is 12.1 Å². The van der Waals surface area contributed by atoms with E-state index < -0.39 is 10.0 Å². The van der Waals surface area contributed by atoms with E-state index >= 15 is 0 Å². The van der Waals surface area contributed by atoms with Gasteiger partial charge in [0.2, 0.25) is 5.91 Å². The molecular weight excluding hydrogens is 360 g/mol. The third-order valence-electron chi connectivity index (χ3n) is 4.38. The Morgan fingerprint density at radius 2 is 2.28 bits per heavy atom. The molecule has 25 heavy (non-hydrogen) atoms. The fourth-order valence-corrected chi connectivity index (χ4v) is 5.79. The second-order valence-electron chi connectivity index (χ2n) is 6.35. The van der Waals surface area contributed by atoms with Crippen LogP contribution in [-0.2, 0) is 28.4 Å². The molecule has 0 spiro atoms. The van der Waals surface area contributed by atoms with E-state index in [1.165, 1.54) is 15.6 Å². The third kappa shape index (κ3) is 3.94. The number of aryl methyl sites for hydroxylation is 1. The van der Waals surface area contributed by atoms with E-state index in [0.29, 0.717) is 30.1 Å². The molecular formula is C16H22N4O3S2. The molecule has 2 aromatic heterocycles. The van der Waals surface area contributed by atoms with Gasteiger partial charge in [-0.1, -0.05) is 6.07 Å². The van der Waals surface area contributed by atoms with E-state index in [1.54, 1.807) is 40.3 Å². The third-order valence-corrected chi connectivity index (χ3v) is 7.62. The van der Waals surface area contributed by atoms with Gasteiger partial charge in [-0.2, -0.15) is 9.40 Å². The second-order valence-corrected chi connectivity index (χ2v) is 9.46. The minimum atomic E-state index is -3.50.